The summed E-state index contributed by atoms with van der Waals surface area (Å²) in [5.41, 5.74) is 0.347. The van der Waals surface area contributed by atoms with Crippen molar-refractivity contribution in [1.82, 2.24) is 4.98 Å². The molecular weight excluding hydrogens is 329 g/mol. The van der Waals surface area contributed by atoms with Gasteiger partial charge in [0, 0.05) is 29.0 Å². The molecule has 0 saturated heterocycles. The average molecular weight is 342 g/mol. The normalized spacial score (nSPS) is 11.3. The van der Waals surface area contributed by atoms with Crippen LogP contribution in [0.2, 0.25) is 0 Å². The van der Waals surface area contributed by atoms with Crippen molar-refractivity contribution in [2.75, 3.05) is 5.32 Å². The Bertz CT molecular complexity index is 959. The standard InChI is InChI=1S/C19H13F3N2O/c1-2-18(25)24-17-7-6-13(19(20,21)22)10-16(17)15-5-3-4-12-11-23-9-8-14(12)15/h2-11H,1H2,(H,24,25). The molecule has 0 atom stereocenters. The van der Waals surface area contributed by atoms with E-state index in [1.165, 1.54) is 6.07 Å². The molecule has 1 N–H and O–H groups in total. The van der Waals surface area contributed by atoms with Gasteiger partial charge in [-0.05, 0) is 41.3 Å². The van der Waals surface area contributed by atoms with Crippen LogP contribution in [0.4, 0.5) is 18.9 Å². The van der Waals surface area contributed by atoms with Crippen molar-refractivity contribution in [1.29, 1.82) is 0 Å². The van der Waals surface area contributed by atoms with E-state index in [1.54, 1.807) is 30.6 Å². The van der Waals surface area contributed by atoms with E-state index in [0.717, 1.165) is 29.0 Å². The second kappa shape index (κ2) is 6.39. The first-order valence-electron chi connectivity index (χ1n) is 7.38. The maximum Gasteiger partial charge on any atom is 0.416 e. The fourth-order valence-corrected chi connectivity index (χ4v) is 2.59. The molecule has 25 heavy (non-hydrogen) atoms. The van der Waals surface area contributed by atoms with Crippen LogP contribution in [0.25, 0.3) is 21.9 Å². The number of benzene rings is 2. The van der Waals surface area contributed by atoms with Crippen LogP contribution < -0.4 is 5.32 Å². The number of alkyl halides is 3. The van der Waals surface area contributed by atoms with Gasteiger partial charge in [0.15, 0.2) is 0 Å². The molecule has 1 amide bonds. The van der Waals surface area contributed by atoms with Crippen molar-refractivity contribution >= 4 is 22.4 Å². The Balaban J connectivity index is 2.27. The van der Waals surface area contributed by atoms with E-state index < -0.39 is 17.6 Å². The van der Waals surface area contributed by atoms with Crippen LogP contribution in [-0.2, 0) is 11.0 Å². The highest BCUT2D eigenvalue weighted by Gasteiger charge is 2.31. The molecular formula is C19H13F3N2O. The van der Waals surface area contributed by atoms with Gasteiger partial charge in [0.05, 0.1) is 5.56 Å². The van der Waals surface area contributed by atoms with Gasteiger partial charge in [-0.1, -0.05) is 24.8 Å². The Labute approximate surface area is 141 Å². The molecule has 0 saturated carbocycles. The molecule has 0 radical (unpaired) electrons. The molecule has 0 aliphatic rings. The fourth-order valence-electron chi connectivity index (χ4n) is 2.59. The average Bonchev–Trinajstić information content (AvgIpc) is 2.60. The number of carbonyl (C=O) groups is 1. The monoisotopic (exact) mass is 342 g/mol. The molecule has 0 aliphatic carbocycles. The second-order valence-corrected chi connectivity index (χ2v) is 5.35. The van der Waals surface area contributed by atoms with Gasteiger partial charge in [-0.2, -0.15) is 13.2 Å². The molecule has 1 heterocycles. The zero-order valence-corrected chi connectivity index (χ0v) is 13.0. The number of nitrogens with one attached hydrogen (secondary N) is 1. The Hall–Kier alpha value is -3.15. The third-order valence-corrected chi connectivity index (χ3v) is 3.76. The molecule has 1 aromatic heterocycles. The van der Waals surface area contributed by atoms with Crippen LogP contribution in [0, 0.1) is 0 Å². The number of fused-ring (bicyclic) bond motifs is 1. The van der Waals surface area contributed by atoms with Gasteiger partial charge in [0.25, 0.3) is 0 Å². The summed E-state index contributed by atoms with van der Waals surface area (Å²) < 4.78 is 39.4. The lowest BCUT2D eigenvalue weighted by Gasteiger charge is -2.15. The molecule has 3 aromatic rings. The first kappa shape index (κ1) is 16.7. The summed E-state index contributed by atoms with van der Waals surface area (Å²) in [5.74, 6) is -0.497. The smallest absolute Gasteiger partial charge is 0.322 e. The predicted octanol–water partition coefficient (Wildman–Crippen LogP) is 5.05. The second-order valence-electron chi connectivity index (χ2n) is 5.35. The minimum Gasteiger partial charge on any atom is -0.322 e. The highest BCUT2D eigenvalue weighted by Crippen LogP contribution is 2.38. The summed E-state index contributed by atoms with van der Waals surface area (Å²) in [6, 6.07) is 10.2. The number of aromatic nitrogens is 1. The molecule has 3 rings (SSSR count). The summed E-state index contributed by atoms with van der Waals surface area (Å²) in [6.45, 7) is 3.37. The molecule has 0 unspecified atom stereocenters. The molecule has 6 heteroatoms. The maximum absolute atomic E-state index is 13.1. The first-order valence-corrected chi connectivity index (χ1v) is 7.38. The Morgan fingerprint density at radius 1 is 1.12 bits per heavy atom. The van der Waals surface area contributed by atoms with Gasteiger partial charge in [0.1, 0.15) is 0 Å². The van der Waals surface area contributed by atoms with Crippen LogP contribution in [0.5, 0.6) is 0 Å². The molecule has 0 aliphatic heterocycles. The number of pyridine rings is 1. The summed E-state index contributed by atoms with van der Waals surface area (Å²) >= 11 is 0. The fraction of sp³-hybridized carbons (Fsp3) is 0.0526. The zero-order valence-electron chi connectivity index (χ0n) is 13.0. The van der Waals surface area contributed by atoms with Gasteiger partial charge in [-0.25, -0.2) is 0 Å². The number of halogens is 3. The summed E-state index contributed by atoms with van der Waals surface area (Å²) in [6.07, 6.45) is -0.216. The maximum atomic E-state index is 13.1. The highest BCUT2D eigenvalue weighted by atomic mass is 19.4. The zero-order chi connectivity index (χ0) is 18.0. The van der Waals surface area contributed by atoms with Crippen LogP contribution in [0.15, 0.2) is 67.5 Å². The molecule has 2 aromatic carbocycles. The van der Waals surface area contributed by atoms with Crippen molar-refractivity contribution in [3.8, 4) is 11.1 Å². The van der Waals surface area contributed by atoms with Crippen molar-refractivity contribution in [3.63, 3.8) is 0 Å². The quantitative estimate of drug-likeness (QED) is 0.677. The van der Waals surface area contributed by atoms with Crippen LogP contribution in [-0.4, -0.2) is 10.9 Å². The van der Waals surface area contributed by atoms with E-state index in [2.05, 4.69) is 16.9 Å². The van der Waals surface area contributed by atoms with Gasteiger partial charge >= 0.3 is 6.18 Å². The number of nitrogens with zero attached hydrogens (tertiary/aromatic N) is 1. The van der Waals surface area contributed by atoms with Crippen molar-refractivity contribution in [2.24, 2.45) is 0 Å². The summed E-state index contributed by atoms with van der Waals surface area (Å²) in [5, 5.41) is 4.09. The number of anilines is 1. The lowest BCUT2D eigenvalue weighted by atomic mass is 9.96. The molecule has 126 valence electrons. The minimum atomic E-state index is -4.48. The summed E-state index contributed by atoms with van der Waals surface area (Å²) in [7, 11) is 0. The molecule has 0 spiro atoms. The van der Waals surface area contributed by atoms with Crippen molar-refractivity contribution < 1.29 is 18.0 Å². The Kier molecular flexibility index (Phi) is 4.27. The third kappa shape index (κ3) is 3.38. The number of hydrogen-bond acceptors (Lipinski definition) is 2. The predicted molar refractivity (Wildman–Crippen MR) is 91.0 cm³/mol. The SMILES string of the molecule is C=CC(=O)Nc1ccc(C(F)(F)F)cc1-c1cccc2cnccc12. The Morgan fingerprint density at radius 3 is 2.64 bits per heavy atom. The van der Waals surface area contributed by atoms with E-state index in [-0.39, 0.29) is 11.3 Å². The van der Waals surface area contributed by atoms with Gasteiger partial charge in [-0.15, -0.1) is 0 Å². The van der Waals surface area contributed by atoms with Gasteiger partial charge in [-0.3, -0.25) is 9.78 Å². The van der Waals surface area contributed by atoms with E-state index in [0.29, 0.717) is 5.56 Å². The highest BCUT2D eigenvalue weighted by molar-refractivity contribution is 6.05. The topological polar surface area (TPSA) is 42.0 Å². The van der Waals surface area contributed by atoms with E-state index in [1.807, 2.05) is 6.07 Å². The van der Waals surface area contributed by atoms with Crippen LogP contribution >= 0.6 is 0 Å². The number of carbonyl (C=O) groups excluding carboxylic acids is 1. The summed E-state index contributed by atoms with van der Waals surface area (Å²) in [4.78, 5) is 15.7. The van der Waals surface area contributed by atoms with Gasteiger partial charge < -0.3 is 5.32 Å². The third-order valence-electron chi connectivity index (χ3n) is 3.76. The van der Waals surface area contributed by atoms with Crippen LogP contribution in [0.3, 0.4) is 0 Å². The molecule has 3 nitrogen and oxygen atoms in total. The van der Waals surface area contributed by atoms with E-state index in [9.17, 15) is 18.0 Å². The van der Waals surface area contributed by atoms with E-state index >= 15 is 0 Å². The minimum absolute atomic E-state index is 0.279. The largest absolute Gasteiger partial charge is 0.416 e. The van der Waals surface area contributed by atoms with Crippen molar-refractivity contribution in [3.05, 3.63) is 73.1 Å². The first-order chi connectivity index (χ1) is 11.9. The number of amides is 1. The molecule has 0 fully saturated rings. The molecule has 0 bridgehead atoms. The van der Waals surface area contributed by atoms with Gasteiger partial charge in [0.2, 0.25) is 5.91 Å². The van der Waals surface area contributed by atoms with Crippen molar-refractivity contribution in [2.45, 2.75) is 6.18 Å². The lowest BCUT2D eigenvalue weighted by Crippen LogP contribution is -2.10. The number of rotatable bonds is 3. The Morgan fingerprint density at radius 2 is 1.92 bits per heavy atom. The number of hydrogen-bond donors (Lipinski definition) is 1. The van der Waals surface area contributed by atoms with Crippen LogP contribution in [0.1, 0.15) is 5.56 Å². The lowest BCUT2D eigenvalue weighted by molar-refractivity contribution is -0.137. The van der Waals surface area contributed by atoms with E-state index in [4.69, 9.17) is 0 Å².